The number of H-pyrrole nitrogens is 2. The number of carbonyl (C=O) groups is 1. The smallest absolute Gasteiger partial charge is 0.336 e. The monoisotopic (exact) mass is 336 g/mol. The number of aryl methyl sites for hydroxylation is 1. The number of rotatable bonds is 7. The number of carbonyl (C=O) groups excluding carboxylic acids is 1. The standard InChI is InChI=1S/C15H24N6O3/c1-5-6-7-9-17-11-12(18-9)19-15(20-13(11)22)21(4)24-14(23)10(16)8(2)3/h8,10H,5-7,16H2,1-4H3,(H2,17,18,19,20,22)/t10-/m0/s1. The van der Waals surface area contributed by atoms with E-state index in [1.165, 1.54) is 7.05 Å². The summed E-state index contributed by atoms with van der Waals surface area (Å²) < 4.78 is 0. The molecule has 0 saturated heterocycles. The van der Waals surface area contributed by atoms with Crippen molar-refractivity contribution in [2.24, 2.45) is 11.7 Å². The number of hydroxylamine groups is 1. The highest BCUT2D eigenvalue weighted by Gasteiger charge is 2.22. The molecule has 0 aliphatic rings. The summed E-state index contributed by atoms with van der Waals surface area (Å²) in [5, 5.41) is 1.09. The molecule has 0 spiro atoms. The number of anilines is 1. The lowest BCUT2D eigenvalue weighted by atomic mass is 10.1. The van der Waals surface area contributed by atoms with Crippen molar-refractivity contribution in [2.45, 2.75) is 46.1 Å². The van der Waals surface area contributed by atoms with Crippen LogP contribution in [0.1, 0.15) is 39.4 Å². The Morgan fingerprint density at radius 2 is 2.04 bits per heavy atom. The molecule has 1 atom stereocenters. The van der Waals surface area contributed by atoms with Gasteiger partial charge < -0.3 is 15.6 Å². The number of aromatic amines is 2. The van der Waals surface area contributed by atoms with Crippen molar-refractivity contribution in [3.8, 4) is 0 Å². The van der Waals surface area contributed by atoms with Crippen molar-refractivity contribution >= 4 is 23.1 Å². The van der Waals surface area contributed by atoms with Crippen molar-refractivity contribution in [2.75, 3.05) is 12.1 Å². The molecule has 0 unspecified atom stereocenters. The van der Waals surface area contributed by atoms with Gasteiger partial charge in [0.1, 0.15) is 11.9 Å². The molecule has 0 bridgehead atoms. The van der Waals surface area contributed by atoms with Gasteiger partial charge in [-0.15, -0.1) is 0 Å². The van der Waals surface area contributed by atoms with Crippen molar-refractivity contribution in [3.05, 3.63) is 16.2 Å². The highest BCUT2D eigenvalue weighted by atomic mass is 16.7. The Hall–Kier alpha value is -2.42. The van der Waals surface area contributed by atoms with E-state index in [0.29, 0.717) is 11.3 Å². The number of nitrogens with zero attached hydrogens (tertiary/aromatic N) is 3. The quantitative estimate of drug-likeness (QED) is 0.639. The third-order valence-electron chi connectivity index (χ3n) is 3.68. The van der Waals surface area contributed by atoms with Crippen molar-refractivity contribution in [1.82, 2.24) is 19.9 Å². The molecule has 2 rings (SSSR count). The molecule has 0 saturated carbocycles. The van der Waals surface area contributed by atoms with E-state index in [2.05, 4.69) is 26.9 Å². The predicted molar refractivity (Wildman–Crippen MR) is 90.4 cm³/mol. The van der Waals surface area contributed by atoms with Gasteiger partial charge in [0, 0.05) is 13.5 Å². The van der Waals surface area contributed by atoms with Crippen molar-refractivity contribution in [1.29, 1.82) is 0 Å². The first kappa shape index (κ1) is 17.9. The number of nitrogens with one attached hydrogen (secondary N) is 2. The summed E-state index contributed by atoms with van der Waals surface area (Å²) in [6, 6.07) is -0.756. The maximum absolute atomic E-state index is 12.2. The van der Waals surface area contributed by atoms with E-state index in [0.717, 1.165) is 24.3 Å². The minimum absolute atomic E-state index is 0.0622. The van der Waals surface area contributed by atoms with Gasteiger partial charge in [-0.1, -0.05) is 27.2 Å². The number of aromatic nitrogens is 4. The Balaban J connectivity index is 2.22. The van der Waals surface area contributed by atoms with Crippen LogP contribution in [0.2, 0.25) is 0 Å². The van der Waals surface area contributed by atoms with Crippen molar-refractivity contribution < 1.29 is 9.63 Å². The molecular formula is C15H24N6O3. The summed E-state index contributed by atoms with van der Waals surface area (Å²) in [6.07, 6.45) is 2.74. The van der Waals surface area contributed by atoms with Crippen LogP contribution in [0, 0.1) is 5.92 Å². The molecule has 9 heteroatoms. The second-order valence-electron chi connectivity index (χ2n) is 6.05. The predicted octanol–water partition coefficient (Wildman–Crippen LogP) is 0.867. The van der Waals surface area contributed by atoms with Gasteiger partial charge in [-0.05, 0) is 12.3 Å². The average molecular weight is 336 g/mol. The Bertz CT molecular complexity index is 766. The Morgan fingerprint density at radius 3 is 2.67 bits per heavy atom. The minimum Gasteiger partial charge on any atom is -0.336 e. The molecule has 2 aromatic heterocycles. The zero-order valence-corrected chi connectivity index (χ0v) is 14.4. The SMILES string of the molecule is CCCCc1nc2nc(N(C)OC(=O)[C@@H](N)C(C)C)[nH]c(=O)c2[nH]1. The number of unbranched alkanes of at least 4 members (excludes halogenated alkanes) is 1. The lowest BCUT2D eigenvalue weighted by Gasteiger charge is -2.20. The molecule has 0 fully saturated rings. The molecular weight excluding hydrogens is 312 g/mol. The molecule has 0 radical (unpaired) electrons. The van der Waals surface area contributed by atoms with E-state index in [1.54, 1.807) is 0 Å². The van der Waals surface area contributed by atoms with Crippen LogP contribution >= 0.6 is 0 Å². The van der Waals surface area contributed by atoms with Crippen LogP contribution in [0.3, 0.4) is 0 Å². The zero-order chi connectivity index (χ0) is 17.9. The maximum Gasteiger partial charge on any atom is 0.349 e. The molecule has 0 aromatic carbocycles. The second kappa shape index (κ2) is 7.43. The number of imidazole rings is 1. The van der Waals surface area contributed by atoms with Crippen LogP contribution in [0.25, 0.3) is 11.2 Å². The molecule has 2 heterocycles. The molecule has 0 amide bonds. The van der Waals surface area contributed by atoms with Gasteiger partial charge in [0.2, 0.25) is 5.95 Å². The first-order valence-corrected chi connectivity index (χ1v) is 8.03. The number of fused-ring (bicyclic) bond motifs is 1. The molecule has 0 aliphatic carbocycles. The molecule has 9 nitrogen and oxygen atoms in total. The number of nitrogens with two attached hydrogens (primary N) is 1. The Kier molecular flexibility index (Phi) is 5.55. The van der Waals surface area contributed by atoms with Gasteiger partial charge in [-0.25, -0.2) is 9.78 Å². The summed E-state index contributed by atoms with van der Waals surface area (Å²) in [4.78, 5) is 43.3. The Labute approximate surface area is 139 Å². The third kappa shape index (κ3) is 3.91. The lowest BCUT2D eigenvalue weighted by Crippen LogP contribution is -2.40. The van der Waals surface area contributed by atoms with Crippen LogP contribution in [-0.4, -0.2) is 39.0 Å². The van der Waals surface area contributed by atoms with E-state index in [1.807, 2.05) is 13.8 Å². The largest absolute Gasteiger partial charge is 0.349 e. The van der Waals surface area contributed by atoms with Gasteiger partial charge in [-0.3, -0.25) is 9.78 Å². The van der Waals surface area contributed by atoms with Gasteiger partial charge in [0.25, 0.3) is 5.56 Å². The minimum atomic E-state index is -0.756. The van der Waals surface area contributed by atoms with E-state index in [9.17, 15) is 9.59 Å². The zero-order valence-electron chi connectivity index (χ0n) is 14.4. The Morgan fingerprint density at radius 1 is 1.33 bits per heavy atom. The summed E-state index contributed by atoms with van der Waals surface area (Å²) in [7, 11) is 1.47. The molecule has 132 valence electrons. The van der Waals surface area contributed by atoms with Crippen LogP contribution in [0.4, 0.5) is 5.95 Å². The lowest BCUT2D eigenvalue weighted by molar-refractivity contribution is -0.147. The number of hydrogen-bond donors (Lipinski definition) is 3. The van der Waals surface area contributed by atoms with Crippen LogP contribution in [-0.2, 0) is 16.1 Å². The summed E-state index contributed by atoms with van der Waals surface area (Å²) in [5.74, 6) is 0.141. The molecule has 0 aliphatic heterocycles. The highest BCUT2D eigenvalue weighted by Crippen LogP contribution is 2.12. The molecule has 2 aromatic rings. The topological polar surface area (TPSA) is 130 Å². The maximum atomic E-state index is 12.2. The second-order valence-corrected chi connectivity index (χ2v) is 6.05. The molecule has 4 N–H and O–H groups in total. The van der Waals surface area contributed by atoms with Crippen LogP contribution in [0.15, 0.2) is 4.79 Å². The van der Waals surface area contributed by atoms with E-state index in [-0.39, 0.29) is 23.1 Å². The fourth-order valence-electron chi connectivity index (χ4n) is 2.07. The van der Waals surface area contributed by atoms with Crippen LogP contribution in [0.5, 0.6) is 0 Å². The van der Waals surface area contributed by atoms with Gasteiger partial charge in [0.05, 0.1) is 0 Å². The first-order chi connectivity index (χ1) is 11.3. The molecule has 24 heavy (non-hydrogen) atoms. The van der Waals surface area contributed by atoms with E-state index >= 15 is 0 Å². The summed E-state index contributed by atoms with van der Waals surface area (Å²) in [5.41, 5.74) is 5.97. The van der Waals surface area contributed by atoms with Gasteiger partial charge >= 0.3 is 5.97 Å². The average Bonchev–Trinajstić information content (AvgIpc) is 2.95. The third-order valence-corrected chi connectivity index (χ3v) is 3.68. The first-order valence-electron chi connectivity index (χ1n) is 8.03. The van der Waals surface area contributed by atoms with E-state index in [4.69, 9.17) is 10.6 Å². The summed E-state index contributed by atoms with van der Waals surface area (Å²) >= 11 is 0. The summed E-state index contributed by atoms with van der Waals surface area (Å²) in [6.45, 7) is 5.72. The van der Waals surface area contributed by atoms with Gasteiger partial charge in [-0.2, -0.15) is 10.0 Å². The normalized spacial score (nSPS) is 12.6. The van der Waals surface area contributed by atoms with Crippen LogP contribution < -0.4 is 16.4 Å². The van der Waals surface area contributed by atoms with E-state index < -0.39 is 12.0 Å². The van der Waals surface area contributed by atoms with Gasteiger partial charge in [0.15, 0.2) is 11.2 Å². The number of hydrogen-bond acceptors (Lipinski definition) is 7. The fraction of sp³-hybridized carbons (Fsp3) is 0.600. The fourth-order valence-corrected chi connectivity index (χ4v) is 2.07. The highest BCUT2D eigenvalue weighted by molar-refractivity contribution is 5.77. The van der Waals surface area contributed by atoms with Crippen molar-refractivity contribution in [3.63, 3.8) is 0 Å².